The Hall–Kier alpha value is -0.350. The molecule has 114 valence electrons. The standard InChI is InChI=1S/C17H21BrClNS/c1-4-9-20-17(11(2)3)16-8-7-15(21-16)12-5-6-13(18)14(19)10-12/h5-8,10-11,17,20H,4,9H2,1-3H3. The number of halogens is 2. The highest BCUT2D eigenvalue weighted by Crippen LogP contribution is 2.36. The summed E-state index contributed by atoms with van der Waals surface area (Å²) in [6.07, 6.45) is 1.16. The Labute approximate surface area is 144 Å². The van der Waals surface area contributed by atoms with E-state index in [-0.39, 0.29) is 0 Å². The molecule has 2 rings (SSSR count). The first-order valence-electron chi connectivity index (χ1n) is 7.31. The molecule has 0 fully saturated rings. The summed E-state index contributed by atoms with van der Waals surface area (Å²) in [7, 11) is 0. The first-order valence-corrected chi connectivity index (χ1v) is 9.30. The minimum Gasteiger partial charge on any atom is -0.309 e. The Balaban J connectivity index is 2.25. The average Bonchev–Trinajstić information content (AvgIpc) is 2.91. The van der Waals surface area contributed by atoms with Crippen molar-refractivity contribution in [2.75, 3.05) is 6.54 Å². The Morgan fingerprint density at radius 1 is 1.24 bits per heavy atom. The van der Waals surface area contributed by atoms with Gasteiger partial charge in [-0.25, -0.2) is 0 Å². The van der Waals surface area contributed by atoms with Crippen molar-refractivity contribution in [2.45, 2.75) is 33.2 Å². The summed E-state index contributed by atoms with van der Waals surface area (Å²) in [6, 6.07) is 11.0. The zero-order valence-electron chi connectivity index (χ0n) is 12.6. The summed E-state index contributed by atoms with van der Waals surface area (Å²) in [5.74, 6) is 0.580. The molecule has 0 saturated carbocycles. The summed E-state index contributed by atoms with van der Waals surface area (Å²) in [4.78, 5) is 2.66. The van der Waals surface area contributed by atoms with Gasteiger partial charge in [-0.2, -0.15) is 0 Å². The van der Waals surface area contributed by atoms with Crippen LogP contribution in [0.1, 0.15) is 38.1 Å². The van der Waals surface area contributed by atoms with Gasteiger partial charge in [-0.3, -0.25) is 0 Å². The molecule has 0 bridgehead atoms. The van der Waals surface area contributed by atoms with Crippen LogP contribution < -0.4 is 5.32 Å². The third-order valence-corrected chi connectivity index (χ3v) is 5.87. The van der Waals surface area contributed by atoms with Gasteiger partial charge in [-0.1, -0.05) is 38.4 Å². The van der Waals surface area contributed by atoms with Crippen molar-refractivity contribution in [3.63, 3.8) is 0 Å². The van der Waals surface area contributed by atoms with Crippen molar-refractivity contribution in [3.8, 4) is 10.4 Å². The number of thiophene rings is 1. The van der Waals surface area contributed by atoms with Gasteiger partial charge in [-0.15, -0.1) is 11.3 Å². The van der Waals surface area contributed by atoms with Crippen molar-refractivity contribution < 1.29 is 0 Å². The Morgan fingerprint density at radius 3 is 2.62 bits per heavy atom. The van der Waals surface area contributed by atoms with Gasteiger partial charge in [0.25, 0.3) is 0 Å². The van der Waals surface area contributed by atoms with E-state index in [1.165, 1.54) is 15.3 Å². The Kier molecular flexibility index (Phi) is 6.30. The van der Waals surface area contributed by atoms with E-state index in [9.17, 15) is 0 Å². The number of nitrogens with one attached hydrogen (secondary N) is 1. The van der Waals surface area contributed by atoms with Crippen LogP contribution in [0, 0.1) is 5.92 Å². The molecule has 0 radical (unpaired) electrons. The van der Waals surface area contributed by atoms with Crippen molar-refractivity contribution >= 4 is 38.9 Å². The van der Waals surface area contributed by atoms with E-state index in [0.29, 0.717) is 12.0 Å². The summed E-state index contributed by atoms with van der Waals surface area (Å²) in [5, 5.41) is 4.40. The normalized spacial score (nSPS) is 12.9. The highest BCUT2D eigenvalue weighted by atomic mass is 79.9. The third kappa shape index (κ3) is 4.32. The summed E-state index contributed by atoms with van der Waals surface area (Å²) < 4.78 is 0.939. The average molecular weight is 387 g/mol. The van der Waals surface area contributed by atoms with Gasteiger partial charge in [0.2, 0.25) is 0 Å². The van der Waals surface area contributed by atoms with E-state index in [0.717, 1.165) is 22.5 Å². The van der Waals surface area contributed by atoms with E-state index in [2.05, 4.69) is 60.2 Å². The Morgan fingerprint density at radius 2 is 2.00 bits per heavy atom. The maximum atomic E-state index is 6.20. The fraction of sp³-hybridized carbons (Fsp3) is 0.412. The zero-order chi connectivity index (χ0) is 15.4. The molecule has 1 aromatic carbocycles. The molecule has 4 heteroatoms. The summed E-state index contributed by atoms with van der Waals surface area (Å²) in [5.41, 5.74) is 1.18. The lowest BCUT2D eigenvalue weighted by Gasteiger charge is -2.20. The van der Waals surface area contributed by atoms with Crippen molar-refractivity contribution in [3.05, 3.63) is 44.7 Å². The van der Waals surface area contributed by atoms with E-state index >= 15 is 0 Å². The second-order valence-electron chi connectivity index (χ2n) is 5.51. The molecule has 2 aromatic rings. The fourth-order valence-corrected chi connectivity index (χ4v) is 3.97. The minimum atomic E-state index is 0.426. The molecule has 1 atom stereocenters. The van der Waals surface area contributed by atoms with Gasteiger partial charge >= 0.3 is 0 Å². The van der Waals surface area contributed by atoms with Gasteiger partial charge < -0.3 is 5.32 Å². The molecule has 1 N–H and O–H groups in total. The van der Waals surface area contributed by atoms with Crippen LogP contribution in [0.3, 0.4) is 0 Å². The highest BCUT2D eigenvalue weighted by molar-refractivity contribution is 9.10. The minimum absolute atomic E-state index is 0.426. The van der Waals surface area contributed by atoms with Gasteiger partial charge in [0.05, 0.1) is 5.02 Å². The second kappa shape index (κ2) is 7.77. The first-order chi connectivity index (χ1) is 10.0. The van der Waals surface area contributed by atoms with E-state index in [4.69, 9.17) is 11.6 Å². The molecule has 1 nitrogen and oxygen atoms in total. The van der Waals surface area contributed by atoms with Crippen LogP contribution in [0.15, 0.2) is 34.8 Å². The molecule has 0 saturated heterocycles. The monoisotopic (exact) mass is 385 g/mol. The smallest absolute Gasteiger partial charge is 0.0554 e. The number of benzene rings is 1. The SMILES string of the molecule is CCCNC(c1ccc(-c2ccc(Br)c(Cl)c2)s1)C(C)C. The lowest BCUT2D eigenvalue weighted by atomic mass is 10.0. The largest absolute Gasteiger partial charge is 0.309 e. The lowest BCUT2D eigenvalue weighted by Crippen LogP contribution is -2.25. The maximum Gasteiger partial charge on any atom is 0.0554 e. The van der Waals surface area contributed by atoms with E-state index in [1.54, 1.807) is 0 Å². The predicted molar refractivity (Wildman–Crippen MR) is 98.3 cm³/mol. The third-order valence-electron chi connectivity index (χ3n) is 3.42. The molecule has 0 amide bonds. The molecule has 0 spiro atoms. The van der Waals surface area contributed by atoms with Crippen molar-refractivity contribution in [1.29, 1.82) is 0 Å². The van der Waals surface area contributed by atoms with Crippen LogP contribution in [0.2, 0.25) is 5.02 Å². The molecular formula is C17H21BrClNS. The topological polar surface area (TPSA) is 12.0 Å². The Bertz CT molecular complexity index is 594. The van der Waals surface area contributed by atoms with Crippen molar-refractivity contribution in [2.24, 2.45) is 5.92 Å². The highest BCUT2D eigenvalue weighted by Gasteiger charge is 2.17. The number of hydrogen-bond donors (Lipinski definition) is 1. The molecule has 1 heterocycles. The van der Waals surface area contributed by atoms with Crippen LogP contribution in [-0.4, -0.2) is 6.54 Å². The maximum absolute atomic E-state index is 6.20. The molecular weight excluding hydrogens is 366 g/mol. The number of hydrogen-bond acceptors (Lipinski definition) is 2. The van der Waals surface area contributed by atoms with Crippen molar-refractivity contribution in [1.82, 2.24) is 5.32 Å². The molecule has 0 aliphatic carbocycles. The molecule has 21 heavy (non-hydrogen) atoms. The van der Waals surface area contributed by atoms with Crippen LogP contribution in [-0.2, 0) is 0 Å². The van der Waals surface area contributed by atoms with Crippen LogP contribution in [0.4, 0.5) is 0 Å². The molecule has 1 unspecified atom stereocenters. The van der Waals surface area contributed by atoms with Gasteiger partial charge in [0, 0.05) is 20.3 Å². The van der Waals surface area contributed by atoms with E-state index < -0.39 is 0 Å². The summed E-state index contributed by atoms with van der Waals surface area (Å²) in [6.45, 7) is 7.79. The predicted octanol–water partition coefficient (Wildman–Crippen LogP) is 6.53. The van der Waals surface area contributed by atoms with Gasteiger partial charge in [0.15, 0.2) is 0 Å². The molecule has 0 aliphatic rings. The molecule has 1 aromatic heterocycles. The molecule has 0 aliphatic heterocycles. The van der Waals surface area contributed by atoms with Gasteiger partial charge in [0.1, 0.15) is 0 Å². The second-order valence-corrected chi connectivity index (χ2v) is 7.88. The van der Waals surface area contributed by atoms with Crippen LogP contribution >= 0.6 is 38.9 Å². The van der Waals surface area contributed by atoms with Crippen LogP contribution in [0.25, 0.3) is 10.4 Å². The van der Waals surface area contributed by atoms with E-state index in [1.807, 2.05) is 23.5 Å². The number of rotatable bonds is 6. The van der Waals surface area contributed by atoms with Gasteiger partial charge in [-0.05, 0) is 64.6 Å². The lowest BCUT2D eigenvalue weighted by molar-refractivity contribution is 0.418. The quantitative estimate of drug-likeness (QED) is 0.595. The van der Waals surface area contributed by atoms with Crippen LogP contribution in [0.5, 0.6) is 0 Å². The first kappa shape index (κ1) is 17.0. The summed E-state index contributed by atoms with van der Waals surface area (Å²) >= 11 is 11.5. The zero-order valence-corrected chi connectivity index (χ0v) is 15.8. The fourth-order valence-electron chi connectivity index (χ4n) is 2.29.